The standard InChI is InChI=1S/C13H18N4O2S/c1-10-7-13-14-8-11(9-17(13)16-10)3-2-6-15-20(18,19)12-4-5-12/h7-9,12,15H,2-6H2,1H3. The number of aromatic nitrogens is 3. The van der Waals surface area contributed by atoms with Gasteiger partial charge in [0.2, 0.25) is 10.0 Å². The Hall–Kier alpha value is -1.47. The second-order valence-electron chi connectivity index (χ2n) is 5.29. The number of sulfonamides is 1. The van der Waals surface area contributed by atoms with Crippen molar-refractivity contribution in [1.82, 2.24) is 19.3 Å². The SMILES string of the molecule is Cc1cc2ncc(CCCNS(=O)(=O)C3CC3)cn2n1. The molecule has 6 nitrogen and oxygen atoms in total. The Morgan fingerprint density at radius 2 is 2.25 bits per heavy atom. The van der Waals surface area contributed by atoms with Crippen molar-refractivity contribution < 1.29 is 8.42 Å². The summed E-state index contributed by atoms with van der Waals surface area (Å²) in [5.41, 5.74) is 2.83. The minimum absolute atomic E-state index is 0.146. The fraction of sp³-hybridized carbons (Fsp3) is 0.538. The van der Waals surface area contributed by atoms with Crippen LogP contribution in [-0.4, -0.2) is 34.8 Å². The maximum absolute atomic E-state index is 11.6. The van der Waals surface area contributed by atoms with Crippen LogP contribution in [0.2, 0.25) is 0 Å². The van der Waals surface area contributed by atoms with Crippen LogP contribution in [0.5, 0.6) is 0 Å². The lowest BCUT2D eigenvalue weighted by Crippen LogP contribution is -2.28. The first-order chi connectivity index (χ1) is 9.54. The first-order valence-corrected chi connectivity index (χ1v) is 8.39. The molecule has 108 valence electrons. The third-order valence-electron chi connectivity index (χ3n) is 3.40. The van der Waals surface area contributed by atoms with Crippen LogP contribution in [0.4, 0.5) is 0 Å². The summed E-state index contributed by atoms with van der Waals surface area (Å²) in [5, 5.41) is 4.17. The van der Waals surface area contributed by atoms with E-state index >= 15 is 0 Å². The first kappa shape index (κ1) is 13.5. The van der Waals surface area contributed by atoms with Gasteiger partial charge in [0, 0.05) is 25.0 Å². The number of nitrogens with zero attached hydrogens (tertiary/aromatic N) is 3. The average Bonchev–Trinajstić information content (AvgIpc) is 3.18. The Labute approximate surface area is 118 Å². The van der Waals surface area contributed by atoms with Gasteiger partial charge in [0.25, 0.3) is 0 Å². The van der Waals surface area contributed by atoms with E-state index in [1.807, 2.05) is 25.4 Å². The van der Waals surface area contributed by atoms with Gasteiger partial charge in [-0.05, 0) is 38.2 Å². The Kier molecular flexibility index (Phi) is 3.47. The molecule has 0 radical (unpaired) electrons. The molecule has 7 heteroatoms. The number of aryl methyl sites for hydroxylation is 2. The summed E-state index contributed by atoms with van der Waals surface area (Å²) in [4.78, 5) is 4.33. The molecule has 0 spiro atoms. The molecule has 0 saturated heterocycles. The zero-order valence-corrected chi connectivity index (χ0v) is 12.2. The maximum Gasteiger partial charge on any atom is 0.214 e. The highest BCUT2D eigenvalue weighted by molar-refractivity contribution is 7.90. The summed E-state index contributed by atoms with van der Waals surface area (Å²) < 4.78 is 27.7. The van der Waals surface area contributed by atoms with Gasteiger partial charge in [-0.1, -0.05) is 0 Å². The molecular weight excluding hydrogens is 276 g/mol. The molecule has 0 aromatic carbocycles. The van der Waals surface area contributed by atoms with Gasteiger partial charge < -0.3 is 0 Å². The Morgan fingerprint density at radius 1 is 1.45 bits per heavy atom. The maximum atomic E-state index is 11.6. The Bertz CT molecular complexity index is 719. The van der Waals surface area contributed by atoms with Crippen molar-refractivity contribution in [1.29, 1.82) is 0 Å². The van der Waals surface area contributed by atoms with Gasteiger partial charge in [-0.2, -0.15) is 5.10 Å². The smallest absolute Gasteiger partial charge is 0.214 e. The third kappa shape index (κ3) is 2.99. The van der Waals surface area contributed by atoms with Gasteiger partial charge in [-0.15, -0.1) is 0 Å². The summed E-state index contributed by atoms with van der Waals surface area (Å²) in [6, 6.07) is 1.92. The molecule has 2 aromatic rings. The van der Waals surface area contributed by atoms with Crippen molar-refractivity contribution in [3.05, 3.63) is 29.7 Å². The van der Waals surface area contributed by atoms with Crippen LogP contribution in [0.25, 0.3) is 5.65 Å². The van der Waals surface area contributed by atoms with E-state index in [1.54, 1.807) is 4.52 Å². The highest BCUT2D eigenvalue weighted by atomic mass is 32.2. The predicted octanol–water partition coefficient (Wildman–Crippen LogP) is 1.05. The molecule has 1 fully saturated rings. The van der Waals surface area contributed by atoms with E-state index in [0.717, 1.165) is 42.6 Å². The largest absolute Gasteiger partial charge is 0.237 e. The van der Waals surface area contributed by atoms with Crippen LogP contribution in [0.15, 0.2) is 18.5 Å². The monoisotopic (exact) mass is 294 g/mol. The number of hydrogen-bond donors (Lipinski definition) is 1. The van der Waals surface area contributed by atoms with E-state index < -0.39 is 10.0 Å². The Morgan fingerprint density at radius 3 is 3.00 bits per heavy atom. The lowest BCUT2D eigenvalue weighted by atomic mass is 10.2. The molecule has 0 unspecified atom stereocenters. The van der Waals surface area contributed by atoms with E-state index in [4.69, 9.17) is 0 Å². The third-order valence-corrected chi connectivity index (χ3v) is 5.35. The van der Waals surface area contributed by atoms with E-state index in [-0.39, 0.29) is 5.25 Å². The van der Waals surface area contributed by atoms with Crippen molar-refractivity contribution in [3.63, 3.8) is 0 Å². The van der Waals surface area contributed by atoms with Crippen LogP contribution in [0.3, 0.4) is 0 Å². The van der Waals surface area contributed by atoms with Crippen LogP contribution in [-0.2, 0) is 16.4 Å². The van der Waals surface area contributed by atoms with Crippen molar-refractivity contribution in [2.24, 2.45) is 0 Å². The number of hydrogen-bond acceptors (Lipinski definition) is 4. The predicted molar refractivity (Wildman–Crippen MR) is 76.0 cm³/mol. The molecule has 2 aromatic heterocycles. The van der Waals surface area contributed by atoms with Crippen molar-refractivity contribution in [3.8, 4) is 0 Å². The molecule has 1 aliphatic rings. The lowest BCUT2D eigenvalue weighted by molar-refractivity contribution is 0.577. The molecule has 0 amide bonds. The zero-order chi connectivity index (χ0) is 14.2. The first-order valence-electron chi connectivity index (χ1n) is 6.84. The summed E-state index contributed by atoms with van der Waals surface area (Å²) in [6.45, 7) is 2.41. The second kappa shape index (κ2) is 5.14. The summed E-state index contributed by atoms with van der Waals surface area (Å²) in [5.74, 6) is 0. The van der Waals surface area contributed by atoms with Crippen molar-refractivity contribution in [2.75, 3.05) is 6.54 Å². The van der Waals surface area contributed by atoms with Crippen LogP contribution in [0, 0.1) is 6.92 Å². The van der Waals surface area contributed by atoms with Crippen LogP contribution < -0.4 is 4.72 Å². The highest BCUT2D eigenvalue weighted by Gasteiger charge is 2.34. The molecule has 0 atom stereocenters. The Balaban J connectivity index is 1.54. The van der Waals surface area contributed by atoms with Gasteiger partial charge in [0.05, 0.1) is 10.9 Å². The average molecular weight is 294 g/mol. The fourth-order valence-electron chi connectivity index (χ4n) is 2.17. The molecule has 20 heavy (non-hydrogen) atoms. The molecule has 1 aliphatic carbocycles. The molecule has 2 heterocycles. The molecule has 1 N–H and O–H groups in total. The number of nitrogens with one attached hydrogen (secondary N) is 1. The van der Waals surface area contributed by atoms with Crippen molar-refractivity contribution in [2.45, 2.75) is 37.9 Å². The quantitative estimate of drug-likeness (QED) is 0.808. The van der Waals surface area contributed by atoms with Gasteiger partial charge in [0.15, 0.2) is 5.65 Å². The second-order valence-corrected chi connectivity index (χ2v) is 7.34. The topological polar surface area (TPSA) is 76.4 Å². The van der Waals surface area contributed by atoms with Gasteiger partial charge in [0.1, 0.15) is 0 Å². The number of fused-ring (bicyclic) bond motifs is 1. The summed E-state index contributed by atoms with van der Waals surface area (Å²) in [7, 11) is -3.06. The van der Waals surface area contributed by atoms with Gasteiger partial charge in [-0.3, -0.25) is 0 Å². The highest BCUT2D eigenvalue weighted by Crippen LogP contribution is 2.27. The van der Waals surface area contributed by atoms with Crippen LogP contribution >= 0.6 is 0 Å². The fourth-order valence-corrected chi connectivity index (χ4v) is 3.59. The zero-order valence-electron chi connectivity index (χ0n) is 11.4. The van der Waals surface area contributed by atoms with Crippen LogP contribution in [0.1, 0.15) is 30.5 Å². The minimum Gasteiger partial charge on any atom is -0.237 e. The van der Waals surface area contributed by atoms with E-state index in [2.05, 4.69) is 14.8 Å². The van der Waals surface area contributed by atoms with E-state index in [9.17, 15) is 8.42 Å². The lowest BCUT2D eigenvalue weighted by Gasteiger charge is -2.05. The van der Waals surface area contributed by atoms with Crippen molar-refractivity contribution >= 4 is 15.7 Å². The summed E-state index contributed by atoms with van der Waals surface area (Å²) in [6.07, 6.45) is 6.92. The summed E-state index contributed by atoms with van der Waals surface area (Å²) >= 11 is 0. The minimum atomic E-state index is -3.06. The molecule has 1 saturated carbocycles. The normalized spacial score (nSPS) is 15.8. The van der Waals surface area contributed by atoms with Gasteiger partial charge in [-0.25, -0.2) is 22.6 Å². The van der Waals surface area contributed by atoms with Gasteiger partial charge >= 0.3 is 0 Å². The molecule has 0 aliphatic heterocycles. The van der Waals surface area contributed by atoms with E-state index in [0.29, 0.717) is 6.54 Å². The van der Waals surface area contributed by atoms with E-state index in [1.165, 1.54) is 0 Å². The molecule has 0 bridgehead atoms. The number of rotatable bonds is 6. The molecular formula is C13H18N4O2S. The molecule has 3 rings (SSSR count).